The minimum absolute atomic E-state index is 0.136. The second kappa shape index (κ2) is 8.23. The fourth-order valence-corrected chi connectivity index (χ4v) is 3.83. The van der Waals surface area contributed by atoms with E-state index in [9.17, 15) is 9.59 Å². The van der Waals surface area contributed by atoms with Gasteiger partial charge in [-0.15, -0.1) is 0 Å². The van der Waals surface area contributed by atoms with Crippen LogP contribution in [0.3, 0.4) is 0 Å². The number of carbonyl (C=O) groups excluding carboxylic acids is 2. The fourth-order valence-electron chi connectivity index (χ4n) is 3.83. The van der Waals surface area contributed by atoms with Gasteiger partial charge in [0.1, 0.15) is 17.2 Å². The van der Waals surface area contributed by atoms with Crippen LogP contribution in [0.5, 0.6) is 23.0 Å². The van der Waals surface area contributed by atoms with Gasteiger partial charge in [0, 0.05) is 17.3 Å². The quantitative estimate of drug-likeness (QED) is 0.579. The van der Waals surface area contributed by atoms with E-state index < -0.39 is 11.8 Å². The van der Waals surface area contributed by atoms with Crippen LogP contribution in [0.25, 0.3) is 5.57 Å². The molecule has 166 valence electrons. The van der Waals surface area contributed by atoms with Gasteiger partial charge in [-0.05, 0) is 42.5 Å². The van der Waals surface area contributed by atoms with Crippen molar-refractivity contribution >= 4 is 28.8 Å². The van der Waals surface area contributed by atoms with E-state index in [0.717, 1.165) is 4.90 Å². The summed E-state index contributed by atoms with van der Waals surface area (Å²) in [5.74, 6) is 1.34. The minimum atomic E-state index is -0.483. The predicted octanol–water partition coefficient (Wildman–Crippen LogP) is 3.83. The van der Waals surface area contributed by atoms with E-state index in [0.29, 0.717) is 39.9 Å². The molecule has 0 atom stereocenters. The monoisotopic (exact) mass is 444 g/mol. The van der Waals surface area contributed by atoms with Crippen molar-refractivity contribution in [2.75, 3.05) is 31.2 Å². The highest BCUT2D eigenvalue weighted by Gasteiger charge is 2.41. The summed E-state index contributed by atoms with van der Waals surface area (Å²) >= 11 is 0. The van der Waals surface area contributed by atoms with Crippen molar-refractivity contribution in [3.8, 4) is 23.0 Å². The molecule has 0 bridgehead atoms. The Kier molecular flexibility index (Phi) is 5.10. The molecule has 8 heteroatoms. The Morgan fingerprint density at radius 3 is 2.36 bits per heavy atom. The molecule has 2 aliphatic rings. The lowest BCUT2D eigenvalue weighted by Crippen LogP contribution is -2.32. The number of methoxy groups -OCH3 is 2. The lowest BCUT2D eigenvalue weighted by atomic mass is 10.0. The molecule has 0 aromatic heterocycles. The van der Waals surface area contributed by atoms with Crippen LogP contribution in [0, 0.1) is 0 Å². The van der Waals surface area contributed by atoms with Crippen LogP contribution in [0.2, 0.25) is 0 Å². The lowest BCUT2D eigenvalue weighted by molar-refractivity contribution is -0.120. The Morgan fingerprint density at radius 2 is 1.61 bits per heavy atom. The number of carbonyl (C=O) groups is 2. The van der Waals surface area contributed by atoms with E-state index in [4.69, 9.17) is 18.9 Å². The second-order valence-corrected chi connectivity index (χ2v) is 7.29. The molecule has 1 N–H and O–H groups in total. The molecule has 0 saturated heterocycles. The Balaban J connectivity index is 1.60. The maximum absolute atomic E-state index is 13.6. The third-order valence-electron chi connectivity index (χ3n) is 5.43. The summed E-state index contributed by atoms with van der Waals surface area (Å²) in [6.07, 6.45) is 0. The van der Waals surface area contributed by atoms with Crippen molar-refractivity contribution < 1.29 is 28.5 Å². The Labute approximate surface area is 189 Å². The minimum Gasteiger partial charge on any atom is -0.497 e. The summed E-state index contributed by atoms with van der Waals surface area (Å²) in [4.78, 5) is 28.3. The predicted molar refractivity (Wildman–Crippen MR) is 122 cm³/mol. The maximum Gasteiger partial charge on any atom is 0.282 e. The number of ether oxygens (including phenoxy) is 4. The third kappa shape index (κ3) is 3.51. The van der Waals surface area contributed by atoms with Gasteiger partial charge < -0.3 is 24.3 Å². The molecule has 0 saturated carbocycles. The Hall–Kier alpha value is -4.46. The summed E-state index contributed by atoms with van der Waals surface area (Å²) in [7, 11) is 3.07. The van der Waals surface area contributed by atoms with Gasteiger partial charge in [0.15, 0.2) is 11.5 Å². The molecule has 2 heterocycles. The van der Waals surface area contributed by atoms with E-state index in [1.54, 1.807) is 73.8 Å². The van der Waals surface area contributed by atoms with Crippen LogP contribution in [0.15, 0.2) is 72.4 Å². The Bertz CT molecular complexity index is 1280. The van der Waals surface area contributed by atoms with Gasteiger partial charge in [0.2, 0.25) is 6.79 Å². The summed E-state index contributed by atoms with van der Waals surface area (Å²) < 4.78 is 21.5. The van der Waals surface area contributed by atoms with Crippen molar-refractivity contribution in [1.82, 2.24) is 0 Å². The van der Waals surface area contributed by atoms with Gasteiger partial charge in [0.05, 0.1) is 25.5 Å². The number of nitrogens with zero attached hydrogens (tertiary/aromatic N) is 1. The van der Waals surface area contributed by atoms with E-state index in [2.05, 4.69) is 5.32 Å². The highest BCUT2D eigenvalue weighted by atomic mass is 16.7. The van der Waals surface area contributed by atoms with Crippen LogP contribution in [0.1, 0.15) is 5.56 Å². The number of anilines is 2. The van der Waals surface area contributed by atoms with Crippen molar-refractivity contribution in [3.05, 3.63) is 78.0 Å². The number of hydrogen-bond acceptors (Lipinski definition) is 7. The molecule has 33 heavy (non-hydrogen) atoms. The average molecular weight is 444 g/mol. The van der Waals surface area contributed by atoms with Gasteiger partial charge in [-0.2, -0.15) is 0 Å². The van der Waals surface area contributed by atoms with Gasteiger partial charge >= 0.3 is 0 Å². The molecule has 3 aromatic rings. The number of para-hydroxylation sites is 1. The number of nitrogens with one attached hydrogen (secondary N) is 1. The highest BCUT2D eigenvalue weighted by Crippen LogP contribution is 2.39. The summed E-state index contributed by atoms with van der Waals surface area (Å²) in [6.45, 7) is 0.136. The first-order chi connectivity index (χ1) is 16.1. The number of amides is 2. The van der Waals surface area contributed by atoms with E-state index in [-0.39, 0.29) is 18.1 Å². The third-order valence-corrected chi connectivity index (χ3v) is 5.43. The first-order valence-corrected chi connectivity index (χ1v) is 10.2. The van der Waals surface area contributed by atoms with E-state index >= 15 is 0 Å². The van der Waals surface area contributed by atoms with Gasteiger partial charge in [-0.25, -0.2) is 4.90 Å². The average Bonchev–Trinajstić information content (AvgIpc) is 3.41. The molecule has 2 amide bonds. The standard InChI is InChI=1S/C25H20N2O6/c1-30-17-10-8-16(9-11-17)27-24(28)22(18-5-3-4-6-19(18)31-2)23(25(27)29)26-15-7-12-20-21(13-15)33-14-32-20/h3-13,26H,14H2,1-2H3. The molecule has 0 spiro atoms. The molecule has 5 rings (SSSR count). The summed E-state index contributed by atoms with van der Waals surface area (Å²) in [6, 6.07) is 19.0. The fraction of sp³-hybridized carbons (Fsp3) is 0.120. The number of fused-ring (bicyclic) bond motifs is 1. The zero-order valence-electron chi connectivity index (χ0n) is 18.0. The SMILES string of the molecule is COc1ccc(N2C(=O)C(Nc3ccc4c(c3)OCO4)=C(c3ccccc3OC)C2=O)cc1. The Morgan fingerprint density at radius 1 is 0.848 bits per heavy atom. The number of benzene rings is 3. The lowest BCUT2D eigenvalue weighted by Gasteiger charge is -2.16. The summed E-state index contributed by atoms with van der Waals surface area (Å²) in [5.41, 5.74) is 1.88. The number of hydrogen-bond donors (Lipinski definition) is 1. The van der Waals surface area contributed by atoms with E-state index in [1.807, 2.05) is 0 Å². The van der Waals surface area contributed by atoms with Crippen LogP contribution >= 0.6 is 0 Å². The zero-order valence-corrected chi connectivity index (χ0v) is 18.0. The van der Waals surface area contributed by atoms with Crippen molar-refractivity contribution in [1.29, 1.82) is 0 Å². The molecular weight excluding hydrogens is 424 g/mol. The molecular formula is C25H20N2O6. The largest absolute Gasteiger partial charge is 0.497 e. The first-order valence-electron chi connectivity index (χ1n) is 10.2. The normalized spacial score (nSPS) is 14.7. The van der Waals surface area contributed by atoms with E-state index in [1.165, 1.54) is 7.11 Å². The van der Waals surface area contributed by atoms with Crippen molar-refractivity contribution in [2.24, 2.45) is 0 Å². The molecule has 2 aliphatic heterocycles. The molecule has 8 nitrogen and oxygen atoms in total. The van der Waals surface area contributed by atoms with Crippen molar-refractivity contribution in [2.45, 2.75) is 0 Å². The van der Waals surface area contributed by atoms with Gasteiger partial charge in [0.25, 0.3) is 11.8 Å². The second-order valence-electron chi connectivity index (χ2n) is 7.29. The summed E-state index contributed by atoms with van der Waals surface area (Å²) in [5, 5.41) is 3.12. The molecule has 0 aliphatic carbocycles. The molecule has 0 radical (unpaired) electrons. The molecule has 0 fully saturated rings. The maximum atomic E-state index is 13.6. The zero-order chi connectivity index (χ0) is 22.9. The highest BCUT2D eigenvalue weighted by molar-refractivity contribution is 6.46. The topological polar surface area (TPSA) is 86.3 Å². The van der Waals surface area contributed by atoms with Gasteiger partial charge in [-0.1, -0.05) is 18.2 Å². The number of imide groups is 1. The van der Waals surface area contributed by atoms with Crippen LogP contribution in [0.4, 0.5) is 11.4 Å². The number of rotatable bonds is 6. The van der Waals surface area contributed by atoms with Crippen LogP contribution in [-0.2, 0) is 9.59 Å². The van der Waals surface area contributed by atoms with Crippen LogP contribution < -0.4 is 29.2 Å². The van der Waals surface area contributed by atoms with Crippen LogP contribution in [-0.4, -0.2) is 32.8 Å². The smallest absolute Gasteiger partial charge is 0.282 e. The first kappa shape index (κ1) is 20.4. The van der Waals surface area contributed by atoms with Crippen molar-refractivity contribution in [3.63, 3.8) is 0 Å². The molecule has 3 aromatic carbocycles. The molecule has 0 unspecified atom stereocenters. The van der Waals surface area contributed by atoms with Gasteiger partial charge in [-0.3, -0.25) is 9.59 Å².